The molecule has 0 amide bonds. The zero-order chi connectivity index (χ0) is 13.2. The zero-order valence-corrected chi connectivity index (χ0v) is 12.3. The molecule has 0 bridgehead atoms. The van der Waals surface area contributed by atoms with Crippen LogP contribution in [0.25, 0.3) is 0 Å². The second kappa shape index (κ2) is 5.90. The Hall–Kier alpha value is 0.190. The van der Waals surface area contributed by atoms with Gasteiger partial charge in [-0.3, -0.25) is 0 Å². The topological polar surface area (TPSA) is 50.7 Å². The molecular weight excluding hydrogens is 262 g/mol. The fourth-order valence-corrected chi connectivity index (χ4v) is 4.71. The lowest BCUT2D eigenvalue weighted by atomic mass is 9.88. The van der Waals surface area contributed by atoms with Crippen LogP contribution in [0.1, 0.15) is 32.1 Å². The molecule has 2 unspecified atom stereocenters. The predicted molar refractivity (Wildman–Crippen MR) is 76.7 cm³/mol. The Morgan fingerprint density at radius 1 is 1.21 bits per heavy atom. The van der Waals surface area contributed by atoms with Crippen molar-refractivity contribution in [3.63, 3.8) is 0 Å². The standard InChI is InChI=1S/C14H25NO3S/c16-13(2-6-17-7-3-13)10-15-12-1-5-18-14(9-12)4-8-19-11-14/h12,15-16H,1-11H2. The van der Waals surface area contributed by atoms with Crippen molar-refractivity contribution < 1.29 is 14.6 Å². The molecule has 3 aliphatic heterocycles. The van der Waals surface area contributed by atoms with Crippen molar-refractivity contribution in [1.82, 2.24) is 5.32 Å². The Morgan fingerprint density at radius 3 is 2.79 bits per heavy atom. The highest BCUT2D eigenvalue weighted by Crippen LogP contribution is 2.38. The molecule has 2 N–H and O–H groups in total. The van der Waals surface area contributed by atoms with Crippen LogP contribution in [0, 0.1) is 0 Å². The van der Waals surface area contributed by atoms with E-state index in [4.69, 9.17) is 9.47 Å². The number of hydrogen-bond donors (Lipinski definition) is 2. The fraction of sp³-hybridized carbons (Fsp3) is 1.00. The monoisotopic (exact) mass is 287 g/mol. The number of nitrogens with one attached hydrogen (secondary N) is 1. The van der Waals surface area contributed by atoms with E-state index in [9.17, 15) is 5.11 Å². The van der Waals surface area contributed by atoms with Gasteiger partial charge in [-0.2, -0.15) is 11.8 Å². The molecule has 0 saturated carbocycles. The Bertz CT molecular complexity index is 301. The summed E-state index contributed by atoms with van der Waals surface area (Å²) in [6, 6.07) is 0.499. The molecule has 110 valence electrons. The molecule has 5 heteroatoms. The maximum atomic E-state index is 10.5. The maximum absolute atomic E-state index is 10.5. The number of ether oxygens (including phenoxy) is 2. The third-order valence-corrected chi connectivity index (χ3v) is 5.93. The number of hydrogen-bond acceptors (Lipinski definition) is 5. The molecular formula is C14H25NO3S. The molecule has 19 heavy (non-hydrogen) atoms. The Balaban J connectivity index is 1.49. The highest BCUT2D eigenvalue weighted by molar-refractivity contribution is 7.99. The molecule has 0 radical (unpaired) electrons. The fourth-order valence-electron chi connectivity index (χ4n) is 3.33. The zero-order valence-electron chi connectivity index (χ0n) is 11.5. The van der Waals surface area contributed by atoms with Gasteiger partial charge in [0.05, 0.1) is 11.2 Å². The molecule has 4 nitrogen and oxygen atoms in total. The summed E-state index contributed by atoms with van der Waals surface area (Å²) in [7, 11) is 0. The molecule has 3 rings (SSSR count). The van der Waals surface area contributed by atoms with E-state index in [1.807, 2.05) is 11.8 Å². The van der Waals surface area contributed by atoms with Crippen molar-refractivity contribution in [1.29, 1.82) is 0 Å². The van der Waals surface area contributed by atoms with Crippen LogP contribution in [-0.4, -0.2) is 60.2 Å². The normalized spacial score (nSPS) is 38.7. The lowest BCUT2D eigenvalue weighted by Gasteiger charge is -2.40. The van der Waals surface area contributed by atoms with Crippen LogP contribution < -0.4 is 5.32 Å². The second-order valence-electron chi connectivity index (χ2n) is 6.24. The van der Waals surface area contributed by atoms with Gasteiger partial charge in [-0.15, -0.1) is 0 Å². The van der Waals surface area contributed by atoms with Gasteiger partial charge in [0.15, 0.2) is 0 Å². The largest absolute Gasteiger partial charge is 0.388 e. The molecule has 3 aliphatic rings. The summed E-state index contributed by atoms with van der Waals surface area (Å²) in [6.07, 6.45) is 4.87. The first kappa shape index (κ1) is 14.1. The summed E-state index contributed by atoms with van der Waals surface area (Å²) in [5, 5.41) is 14.1. The summed E-state index contributed by atoms with van der Waals surface area (Å²) >= 11 is 2.01. The van der Waals surface area contributed by atoms with Crippen molar-refractivity contribution >= 4 is 11.8 Å². The second-order valence-corrected chi connectivity index (χ2v) is 7.35. The first-order valence-electron chi connectivity index (χ1n) is 7.45. The smallest absolute Gasteiger partial charge is 0.0815 e. The molecule has 3 saturated heterocycles. The first-order chi connectivity index (χ1) is 9.20. The van der Waals surface area contributed by atoms with E-state index < -0.39 is 5.60 Å². The van der Waals surface area contributed by atoms with Crippen molar-refractivity contribution in [3.05, 3.63) is 0 Å². The van der Waals surface area contributed by atoms with Gasteiger partial charge in [-0.05, 0) is 25.0 Å². The van der Waals surface area contributed by atoms with Crippen molar-refractivity contribution in [2.45, 2.75) is 49.3 Å². The van der Waals surface area contributed by atoms with Crippen LogP contribution in [0.4, 0.5) is 0 Å². The van der Waals surface area contributed by atoms with Gasteiger partial charge in [0.25, 0.3) is 0 Å². The molecule has 3 fully saturated rings. The lowest BCUT2D eigenvalue weighted by molar-refractivity contribution is -0.0832. The summed E-state index contributed by atoms with van der Waals surface area (Å²) in [5.74, 6) is 2.37. The highest BCUT2D eigenvalue weighted by atomic mass is 32.2. The number of aliphatic hydroxyl groups is 1. The van der Waals surface area contributed by atoms with E-state index in [1.165, 1.54) is 12.2 Å². The van der Waals surface area contributed by atoms with E-state index in [-0.39, 0.29) is 5.60 Å². The van der Waals surface area contributed by atoms with Crippen LogP contribution in [0.2, 0.25) is 0 Å². The average Bonchev–Trinajstić information content (AvgIpc) is 2.86. The summed E-state index contributed by atoms with van der Waals surface area (Å²) in [5.41, 5.74) is -0.437. The maximum Gasteiger partial charge on any atom is 0.0815 e. The molecule has 0 aliphatic carbocycles. The molecule has 3 heterocycles. The van der Waals surface area contributed by atoms with E-state index in [1.54, 1.807) is 0 Å². The van der Waals surface area contributed by atoms with Gasteiger partial charge in [0.2, 0.25) is 0 Å². The van der Waals surface area contributed by atoms with Gasteiger partial charge in [0.1, 0.15) is 0 Å². The molecule has 0 aromatic heterocycles. The minimum Gasteiger partial charge on any atom is -0.388 e. The van der Waals surface area contributed by atoms with E-state index >= 15 is 0 Å². The summed E-state index contributed by atoms with van der Waals surface area (Å²) in [4.78, 5) is 0. The van der Waals surface area contributed by atoms with E-state index in [0.29, 0.717) is 25.8 Å². The van der Waals surface area contributed by atoms with Gasteiger partial charge in [0, 0.05) is 51.0 Å². The number of thioether (sulfide) groups is 1. The quantitative estimate of drug-likeness (QED) is 0.816. The third kappa shape index (κ3) is 3.45. The van der Waals surface area contributed by atoms with Crippen molar-refractivity contribution in [3.8, 4) is 0 Å². The Morgan fingerprint density at radius 2 is 2.05 bits per heavy atom. The molecule has 0 aromatic rings. The van der Waals surface area contributed by atoms with Crippen molar-refractivity contribution in [2.24, 2.45) is 0 Å². The number of rotatable bonds is 3. The van der Waals surface area contributed by atoms with Gasteiger partial charge in [-0.25, -0.2) is 0 Å². The van der Waals surface area contributed by atoms with Crippen LogP contribution in [0.15, 0.2) is 0 Å². The van der Waals surface area contributed by atoms with Crippen LogP contribution in [0.3, 0.4) is 0 Å². The Labute approximate surface area is 119 Å². The van der Waals surface area contributed by atoms with Gasteiger partial charge < -0.3 is 19.9 Å². The first-order valence-corrected chi connectivity index (χ1v) is 8.61. The van der Waals surface area contributed by atoms with E-state index in [2.05, 4.69) is 5.32 Å². The third-order valence-electron chi connectivity index (χ3n) is 4.70. The predicted octanol–water partition coefficient (Wildman–Crippen LogP) is 1.17. The highest BCUT2D eigenvalue weighted by Gasteiger charge is 2.41. The molecule has 0 aromatic carbocycles. The molecule has 1 spiro atoms. The molecule has 2 atom stereocenters. The van der Waals surface area contributed by atoms with Crippen LogP contribution in [0.5, 0.6) is 0 Å². The van der Waals surface area contributed by atoms with Gasteiger partial charge >= 0.3 is 0 Å². The average molecular weight is 287 g/mol. The SMILES string of the molecule is OC1(CNC2CCOC3(CCSC3)C2)CCOCC1. The van der Waals surface area contributed by atoms with Crippen LogP contribution in [-0.2, 0) is 9.47 Å². The minimum absolute atomic E-state index is 0.124. The lowest BCUT2D eigenvalue weighted by Crippen LogP contribution is -2.52. The van der Waals surface area contributed by atoms with Gasteiger partial charge in [-0.1, -0.05) is 0 Å². The van der Waals surface area contributed by atoms with E-state index in [0.717, 1.165) is 38.0 Å². The minimum atomic E-state index is -0.561. The summed E-state index contributed by atoms with van der Waals surface area (Å²) < 4.78 is 11.4. The van der Waals surface area contributed by atoms with Crippen LogP contribution >= 0.6 is 11.8 Å². The van der Waals surface area contributed by atoms with Crippen molar-refractivity contribution in [2.75, 3.05) is 37.9 Å². The summed E-state index contributed by atoms with van der Waals surface area (Å²) in [6.45, 7) is 2.93. The Kier molecular flexibility index (Phi) is 4.39.